The number of nitrogens with zero attached hydrogens (tertiary/aromatic N) is 1. The molecule has 0 unspecified atom stereocenters. The number of hydrogen-bond acceptors (Lipinski definition) is 4. The molecule has 0 spiro atoms. The first-order chi connectivity index (χ1) is 9.99. The lowest BCUT2D eigenvalue weighted by molar-refractivity contribution is 0.0943. The van der Waals surface area contributed by atoms with Gasteiger partial charge in [0.25, 0.3) is 0 Å². The Hall–Kier alpha value is -0.690. The Balaban J connectivity index is 1.96. The first-order valence-corrected chi connectivity index (χ1v) is 8.69. The zero-order valence-electron chi connectivity index (χ0n) is 11.7. The van der Waals surface area contributed by atoms with Gasteiger partial charge in [0.05, 0.1) is 21.2 Å². The molecule has 3 nitrogen and oxygen atoms in total. The average molecular weight is 433 g/mol. The van der Waals surface area contributed by atoms with E-state index in [0.717, 1.165) is 31.0 Å². The number of benzene rings is 1. The molecule has 0 radical (unpaired) electrons. The quantitative estimate of drug-likeness (QED) is 0.625. The maximum absolute atomic E-state index is 12.3. The van der Waals surface area contributed by atoms with Gasteiger partial charge in [-0.2, -0.15) is 0 Å². The average Bonchev–Trinajstić information content (AvgIpc) is 2.78. The molecule has 0 atom stereocenters. The second-order valence-corrected chi connectivity index (χ2v) is 8.43. The number of carbonyl (C=O) groups excluding carboxylic acids is 1. The highest BCUT2D eigenvalue weighted by Crippen LogP contribution is 2.32. The van der Waals surface area contributed by atoms with E-state index in [-0.39, 0.29) is 5.78 Å². The Morgan fingerprint density at radius 3 is 2.48 bits per heavy atom. The van der Waals surface area contributed by atoms with Crippen molar-refractivity contribution >= 4 is 49.0 Å². The number of rotatable bonds is 6. The van der Waals surface area contributed by atoms with Gasteiger partial charge >= 0.3 is 0 Å². The van der Waals surface area contributed by atoms with E-state index in [2.05, 4.69) is 31.9 Å². The molecule has 2 aromatic rings. The third-order valence-electron chi connectivity index (χ3n) is 2.98. The molecule has 21 heavy (non-hydrogen) atoms. The van der Waals surface area contributed by atoms with Crippen molar-refractivity contribution in [2.75, 3.05) is 20.7 Å². The molecule has 0 amide bonds. The Bertz CT molecular complexity index is 625. The smallest absolute Gasteiger partial charge is 0.178 e. The number of hydrogen-bond donors (Lipinski definition) is 0. The highest BCUT2D eigenvalue weighted by molar-refractivity contribution is 9.12. The highest BCUT2D eigenvalue weighted by Gasteiger charge is 2.15. The van der Waals surface area contributed by atoms with E-state index < -0.39 is 0 Å². The minimum absolute atomic E-state index is 0.111. The summed E-state index contributed by atoms with van der Waals surface area (Å²) in [5.41, 5.74) is 1.88. The van der Waals surface area contributed by atoms with Crippen molar-refractivity contribution in [2.24, 2.45) is 0 Å². The Kier molecular flexibility index (Phi) is 5.98. The Labute approximate surface area is 145 Å². The number of carbonyl (C=O) groups is 1. The van der Waals surface area contributed by atoms with Crippen LogP contribution >= 0.6 is 43.2 Å². The molecule has 2 rings (SSSR count). The molecule has 0 fully saturated rings. The van der Waals surface area contributed by atoms with Crippen LogP contribution in [0.5, 0.6) is 5.75 Å². The van der Waals surface area contributed by atoms with Gasteiger partial charge in [-0.1, -0.05) is 12.1 Å². The molecule has 0 aliphatic heterocycles. The lowest BCUT2D eigenvalue weighted by Crippen LogP contribution is -2.25. The van der Waals surface area contributed by atoms with Crippen LogP contribution < -0.4 is 4.74 Å². The van der Waals surface area contributed by atoms with Crippen LogP contribution in [0.2, 0.25) is 0 Å². The fraction of sp³-hybridized carbons (Fsp3) is 0.267. The fourth-order valence-electron chi connectivity index (χ4n) is 1.96. The van der Waals surface area contributed by atoms with Crippen LogP contribution in [0, 0.1) is 0 Å². The number of ketones is 1. The fourth-order valence-corrected chi connectivity index (χ4v) is 4.81. The minimum Gasteiger partial charge on any atom is -0.497 e. The van der Waals surface area contributed by atoms with Crippen LogP contribution in [0.1, 0.15) is 15.9 Å². The lowest BCUT2D eigenvalue weighted by atomic mass is 10.2. The van der Waals surface area contributed by atoms with Gasteiger partial charge in [0.2, 0.25) is 0 Å². The number of methoxy groups -OCH3 is 1. The number of likely N-dealkylation sites (N-methyl/N-ethyl adjacent to an activating group) is 1. The molecule has 0 N–H and O–H groups in total. The molecule has 0 aliphatic carbocycles. The van der Waals surface area contributed by atoms with Crippen molar-refractivity contribution in [2.45, 2.75) is 6.54 Å². The van der Waals surface area contributed by atoms with Gasteiger partial charge in [0.15, 0.2) is 5.78 Å². The van der Waals surface area contributed by atoms with E-state index in [1.165, 1.54) is 11.3 Å². The van der Waals surface area contributed by atoms with Crippen molar-refractivity contribution in [3.05, 3.63) is 49.0 Å². The van der Waals surface area contributed by atoms with E-state index in [4.69, 9.17) is 4.74 Å². The van der Waals surface area contributed by atoms with Gasteiger partial charge in [-0.3, -0.25) is 9.69 Å². The van der Waals surface area contributed by atoms with Gasteiger partial charge in [0, 0.05) is 12.1 Å². The van der Waals surface area contributed by atoms with Crippen LogP contribution in [0.4, 0.5) is 0 Å². The maximum atomic E-state index is 12.3. The molecule has 0 saturated carbocycles. The van der Waals surface area contributed by atoms with E-state index >= 15 is 0 Å². The normalized spacial score (nSPS) is 10.9. The predicted octanol–water partition coefficient (Wildman–Crippen LogP) is 4.60. The SMILES string of the molecule is COc1ccc(CN(C)CC(=O)c2cc(Br)sc2Br)cc1. The number of thiophene rings is 1. The van der Waals surface area contributed by atoms with E-state index in [1.807, 2.05) is 42.3 Å². The topological polar surface area (TPSA) is 29.5 Å². The molecule has 1 heterocycles. The standard InChI is InChI=1S/C15H15Br2NO2S/c1-18(8-10-3-5-11(20-2)6-4-10)9-13(19)12-7-14(16)21-15(12)17/h3-7H,8-9H2,1-2H3. The largest absolute Gasteiger partial charge is 0.497 e. The van der Waals surface area contributed by atoms with Crippen molar-refractivity contribution < 1.29 is 9.53 Å². The summed E-state index contributed by atoms with van der Waals surface area (Å²) >= 11 is 8.33. The Morgan fingerprint density at radius 2 is 1.95 bits per heavy atom. The molecule has 1 aromatic carbocycles. The van der Waals surface area contributed by atoms with Crippen LogP contribution in [0.25, 0.3) is 0 Å². The van der Waals surface area contributed by atoms with E-state index in [9.17, 15) is 4.79 Å². The van der Waals surface area contributed by atoms with Gasteiger partial charge in [-0.25, -0.2) is 0 Å². The predicted molar refractivity (Wildman–Crippen MR) is 93.4 cm³/mol. The summed E-state index contributed by atoms with van der Waals surface area (Å²) in [6, 6.07) is 9.74. The number of Topliss-reactive ketones (excluding diaryl/α,β-unsaturated/α-hetero) is 1. The maximum Gasteiger partial charge on any atom is 0.178 e. The van der Waals surface area contributed by atoms with Crippen LogP contribution in [0.3, 0.4) is 0 Å². The summed E-state index contributed by atoms with van der Waals surface area (Å²) in [7, 11) is 3.59. The van der Waals surface area contributed by atoms with Gasteiger partial charge in [-0.05, 0) is 62.7 Å². The first-order valence-electron chi connectivity index (χ1n) is 6.29. The van der Waals surface area contributed by atoms with Crippen molar-refractivity contribution in [1.29, 1.82) is 0 Å². The highest BCUT2D eigenvalue weighted by atomic mass is 79.9. The zero-order chi connectivity index (χ0) is 15.4. The molecule has 6 heteroatoms. The van der Waals surface area contributed by atoms with Crippen molar-refractivity contribution in [3.8, 4) is 5.75 Å². The molecule has 112 valence electrons. The molecular formula is C15H15Br2NO2S. The summed E-state index contributed by atoms with van der Waals surface area (Å²) in [6.45, 7) is 1.10. The number of ether oxygens (including phenoxy) is 1. The first kappa shape index (κ1) is 16.7. The molecular weight excluding hydrogens is 418 g/mol. The summed E-state index contributed by atoms with van der Waals surface area (Å²) in [5.74, 6) is 0.948. The van der Waals surface area contributed by atoms with E-state index in [1.54, 1.807) is 7.11 Å². The summed E-state index contributed by atoms with van der Waals surface area (Å²) < 4.78 is 6.96. The summed E-state index contributed by atoms with van der Waals surface area (Å²) in [6.07, 6.45) is 0. The van der Waals surface area contributed by atoms with Crippen molar-refractivity contribution in [3.63, 3.8) is 0 Å². The molecule has 0 saturated heterocycles. The summed E-state index contributed by atoms with van der Waals surface area (Å²) in [5, 5.41) is 0. The number of halogens is 2. The molecule has 0 bridgehead atoms. The summed E-state index contributed by atoms with van der Waals surface area (Å²) in [4.78, 5) is 14.3. The van der Waals surface area contributed by atoms with Crippen molar-refractivity contribution in [1.82, 2.24) is 4.90 Å². The zero-order valence-corrected chi connectivity index (χ0v) is 15.7. The lowest BCUT2D eigenvalue weighted by Gasteiger charge is -2.15. The van der Waals surface area contributed by atoms with Gasteiger partial charge < -0.3 is 4.74 Å². The van der Waals surface area contributed by atoms with E-state index in [0.29, 0.717) is 6.54 Å². The van der Waals surface area contributed by atoms with Crippen LogP contribution in [-0.4, -0.2) is 31.4 Å². The van der Waals surface area contributed by atoms with Gasteiger partial charge in [0.1, 0.15) is 5.75 Å². The third-order valence-corrected chi connectivity index (χ3v) is 5.32. The monoisotopic (exact) mass is 431 g/mol. The second kappa shape index (κ2) is 7.54. The molecule has 1 aromatic heterocycles. The molecule has 0 aliphatic rings. The second-order valence-electron chi connectivity index (χ2n) is 4.68. The van der Waals surface area contributed by atoms with Crippen LogP contribution in [0.15, 0.2) is 37.9 Å². The van der Waals surface area contributed by atoms with Crippen LogP contribution in [-0.2, 0) is 6.54 Å². The minimum atomic E-state index is 0.111. The third kappa shape index (κ3) is 4.64. The Morgan fingerprint density at radius 1 is 1.29 bits per heavy atom. The van der Waals surface area contributed by atoms with Gasteiger partial charge in [-0.15, -0.1) is 11.3 Å².